The zero-order valence-electron chi connectivity index (χ0n) is 8.46. The fourth-order valence-corrected chi connectivity index (χ4v) is 4.42. The topological polar surface area (TPSA) is 104 Å². The molecule has 0 radical (unpaired) electrons. The average molecular weight is 344 g/mol. The van der Waals surface area contributed by atoms with Crippen LogP contribution in [-0.2, 0) is 14.8 Å². The minimum Gasteiger partial charge on any atom is -0.479 e. The normalized spacial score (nSPS) is 13.5. The van der Waals surface area contributed by atoms with Crippen LogP contribution < -0.4 is 4.72 Å². The Bertz CT molecular complexity index is 498. The number of nitrogens with one attached hydrogen (secondary N) is 1. The first-order valence-electron chi connectivity index (χ1n) is 4.48. The number of hydrogen-bond acceptors (Lipinski definition) is 5. The van der Waals surface area contributed by atoms with Gasteiger partial charge in [0.05, 0.1) is 0 Å². The van der Waals surface area contributed by atoms with Gasteiger partial charge in [-0.15, -0.1) is 11.3 Å². The van der Waals surface area contributed by atoms with Gasteiger partial charge in [-0.3, -0.25) is 0 Å². The molecule has 9 heteroatoms. The minimum absolute atomic E-state index is 0.127. The molecule has 0 fully saturated rings. The number of thiophene rings is 1. The van der Waals surface area contributed by atoms with Crippen LogP contribution in [0.15, 0.2) is 20.1 Å². The molecule has 1 rings (SSSR count). The maximum absolute atomic E-state index is 11.7. The van der Waals surface area contributed by atoms with E-state index in [0.717, 1.165) is 11.3 Å². The number of carbonyl (C=O) groups is 1. The highest BCUT2D eigenvalue weighted by molar-refractivity contribution is 9.10. The molecule has 0 amide bonds. The smallest absolute Gasteiger partial charge is 0.332 e. The van der Waals surface area contributed by atoms with E-state index in [0.29, 0.717) is 4.47 Å². The molecule has 0 aliphatic carbocycles. The maximum atomic E-state index is 11.7. The van der Waals surface area contributed by atoms with E-state index in [1.54, 1.807) is 11.4 Å². The van der Waals surface area contributed by atoms with Crippen LogP contribution in [-0.4, -0.2) is 37.2 Å². The van der Waals surface area contributed by atoms with E-state index in [1.165, 1.54) is 0 Å². The molecule has 17 heavy (non-hydrogen) atoms. The molecule has 0 aliphatic rings. The monoisotopic (exact) mass is 343 g/mol. The molecule has 6 nitrogen and oxygen atoms in total. The number of aliphatic carboxylic acids is 1. The SMILES string of the molecule is O=C(O)[C@@H](O)CCNS(=O)(=O)c1sccc1Br. The highest BCUT2D eigenvalue weighted by Crippen LogP contribution is 2.27. The van der Waals surface area contributed by atoms with Crippen LogP contribution in [0, 0.1) is 0 Å². The number of carboxylic acids is 1. The van der Waals surface area contributed by atoms with Gasteiger partial charge >= 0.3 is 5.97 Å². The van der Waals surface area contributed by atoms with Gasteiger partial charge in [0.1, 0.15) is 4.21 Å². The van der Waals surface area contributed by atoms with Gasteiger partial charge in [-0.1, -0.05) is 0 Å². The van der Waals surface area contributed by atoms with Gasteiger partial charge in [0.15, 0.2) is 6.10 Å². The van der Waals surface area contributed by atoms with Gasteiger partial charge in [-0.25, -0.2) is 17.9 Å². The Hall–Kier alpha value is -0.480. The Morgan fingerprint density at radius 3 is 2.71 bits per heavy atom. The fraction of sp³-hybridized carbons (Fsp3) is 0.375. The first-order valence-corrected chi connectivity index (χ1v) is 7.63. The lowest BCUT2D eigenvalue weighted by molar-refractivity contribution is -0.146. The molecular weight excluding hydrogens is 334 g/mol. The highest BCUT2D eigenvalue weighted by Gasteiger charge is 2.20. The van der Waals surface area contributed by atoms with E-state index in [4.69, 9.17) is 10.2 Å². The van der Waals surface area contributed by atoms with E-state index in [9.17, 15) is 13.2 Å². The minimum atomic E-state index is -3.65. The van der Waals surface area contributed by atoms with Crippen LogP contribution in [0.3, 0.4) is 0 Å². The van der Waals surface area contributed by atoms with Crippen molar-refractivity contribution in [3.63, 3.8) is 0 Å². The molecule has 96 valence electrons. The Morgan fingerprint density at radius 1 is 1.59 bits per heavy atom. The molecule has 0 aliphatic heterocycles. The van der Waals surface area contributed by atoms with E-state index in [-0.39, 0.29) is 17.2 Å². The summed E-state index contributed by atoms with van der Waals surface area (Å²) in [5, 5.41) is 19.0. The van der Waals surface area contributed by atoms with Crippen molar-refractivity contribution in [3.8, 4) is 0 Å². The largest absolute Gasteiger partial charge is 0.479 e. The van der Waals surface area contributed by atoms with Crippen molar-refractivity contribution in [1.29, 1.82) is 0 Å². The number of aliphatic hydroxyl groups is 1. The van der Waals surface area contributed by atoms with Gasteiger partial charge in [-0.2, -0.15) is 0 Å². The number of hydrogen-bond donors (Lipinski definition) is 3. The summed E-state index contributed by atoms with van der Waals surface area (Å²) < 4.78 is 26.2. The zero-order valence-corrected chi connectivity index (χ0v) is 11.7. The van der Waals surface area contributed by atoms with E-state index in [1.807, 2.05) is 0 Å². The van der Waals surface area contributed by atoms with Crippen LogP contribution in [0.2, 0.25) is 0 Å². The molecule has 3 N–H and O–H groups in total. The second-order valence-corrected chi connectivity index (χ2v) is 6.83. The van der Waals surface area contributed by atoms with Crippen molar-refractivity contribution in [2.75, 3.05) is 6.54 Å². The van der Waals surface area contributed by atoms with Crippen molar-refractivity contribution < 1.29 is 23.4 Å². The molecule has 0 aromatic carbocycles. The quantitative estimate of drug-likeness (QED) is 0.702. The molecule has 0 bridgehead atoms. The lowest BCUT2D eigenvalue weighted by Crippen LogP contribution is -2.29. The predicted octanol–water partition coefficient (Wildman–Crippen LogP) is 0.624. The van der Waals surface area contributed by atoms with Gasteiger partial charge in [0.2, 0.25) is 0 Å². The zero-order chi connectivity index (χ0) is 13.1. The number of sulfonamides is 1. The van der Waals surface area contributed by atoms with Gasteiger partial charge in [0, 0.05) is 11.0 Å². The summed E-state index contributed by atoms with van der Waals surface area (Å²) in [4.78, 5) is 10.3. The highest BCUT2D eigenvalue weighted by atomic mass is 79.9. The van der Waals surface area contributed by atoms with E-state index >= 15 is 0 Å². The number of halogens is 1. The maximum Gasteiger partial charge on any atom is 0.332 e. The average Bonchev–Trinajstić information content (AvgIpc) is 2.64. The van der Waals surface area contributed by atoms with Gasteiger partial charge < -0.3 is 10.2 Å². The third-order valence-electron chi connectivity index (χ3n) is 1.82. The molecule has 1 heterocycles. The molecule has 1 atom stereocenters. The molecule has 1 aromatic heterocycles. The first-order chi connectivity index (χ1) is 7.84. The van der Waals surface area contributed by atoms with Gasteiger partial charge in [-0.05, 0) is 33.8 Å². The third kappa shape index (κ3) is 4.03. The summed E-state index contributed by atoms with van der Waals surface area (Å²) in [6.07, 6.45) is -1.75. The Balaban J connectivity index is 2.58. The summed E-state index contributed by atoms with van der Waals surface area (Å²) in [7, 11) is -3.65. The number of rotatable bonds is 6. The predicted molar refractivity (Wildman–Crippen MR) is 65.5 cm³/mol. The standard InChI is InChI=1S/C8H10BrNO5S2/c9-5-2-4-16-8(5)17(14,15)10-3-1-6(11)7(12)13/h2,4,6,10-11H,1,3H2,(H,12,13)/t6-/m0/s1. The number of aliphatic hydroxyl groups excluding tert-OH is 1. The Morgan fingerprint density at radius 2 is 2.24 bits per heavy atom. The molecule has 0 spiro atoms. The Kier molecular flexibility index (Phi) is 5.07. The summed E-state index contributed by atoms with van der Waals surface area (Å²) in [6, 6.07) is 1.60. The van der Waals surface area contributed by atoms with Crippen molar-refractivity contribution >= 4 is 43.3 Å². The number of carboxylic acid groups (broad SMARTS) is 1. The summed E-state index contributed by atoms with van der Waals surface area (Å²) in [5.74, 6) is -1.37. The molecule has 0 saturated carbocycles. The van der Waals surface area contributed by atoms with Crippen LogP contribution in [0.25, 0.3) is 0 Å². The fourth-order valence-electron chi connectivity index (χ4n) is 0.991. The molecule has 1 aromatic rings. The lowest BCUT2D eigenvalue weighted by Gasteiger charge is -2.07. The van der Waals surface area contributed by atoms with Crippen molar-refractivity contribution in [2.45, 2.75) is 16.7 Å². The lowest BCUT2D eigenvalue weighted by atomic mass is 10.3. The van der Waals surface area contributed by atoms with E-state index < -0.39 is 22.1 Å². The van der Waals surface area contributed by atoms with Crippen molar-refractivity contribution in [1.82, 2.24) is 4.72 Å². The van der Waals surface area contributed by atoms with Crippen LogP contribution >= 0.6 is 27.3 Å². The first kappa shape index (κ1) is 14.6. The van der Waals surface area contributed by atoms with Crippen molar-refractivity contribution in [2.24, 2.45) is 0 Å². The summed E-state index contributed by atoms with van der Waals surface area (Å²) >= 11 is 4.14. The van der Waals surface area contributed by atoms with Crippen LogP contribution in [0.4, 0.5) is 0 Å². The third-order valence-corrected chi connectivity index (χ3v) is 5.95. The van der Waals surface area contributed by atoms with Crippen LogP contribution in [0.1, 0.15) is 6.42 Å². The second-order valence-electron chi connectivity index (χ2n) is 3.10. The molecule has 0 unspecified atom stereocenters. The molecular formula is C8H10BrNO5S2. The summed E-state index contributed by atoms with van der Waals surface area (Å²) in [5.41, 5.74) is 0. The van der Waals surface area contributed by atoms with Gasteiger partial charge in [0.25, 0.3) is 10.0 Å². The van der Waals surface area contributed by atoms with Crippen LogP contribution in [0.5, 0.6) is 0 Å². The molecule has 0 saturated heterocycles. The van der Waals surface area contributed by atoms with Crippen molar-refractivity contribution in [3.05, 3.63) is 15.9 Å². The Labute approximate surface area is 110 Å². The van der Waals surface area contributed by atoms with E-state index in [2.05, 4.69) is 20.7 Å². The summed E-state index contributed by atoms with van der Waals surface area (Å²) in [6.45, 7) is -0.139. The second kappa shape index (κ2) is 5.91.